The normalized spacial score (nSPS) is 35.9. The van der Waals surface area contributed by atoms with E-state index < -0.39 is 0 Å². The van der Waals surface area contributed by atoms with Gasteiger partial charge in [0.15, 0.2) is 0 Å². The molecule has 2 aliphatic rings. The number of hydrogen-bond donors (Lipinski definition) is 0. The highest BCUT2D eigenvalue weighted by Crippen LogP contribution is 2.45. The lowest BCUT2D eigenvalue weighted by Gasteiger charge is -2.32. The van der Waals surface area contributed by atoms with Crippen LogP contribution in [0.3, 0.4) is 0 Å². The zero-order valence-electron chi connectivity index (χ0n) is 7.92. The van der Waals surface area contributed by atoms with Gasteiger partial charge in [0, 0.05) is 0 Å². The van der Waals surface area contributed by atoms with Crippen molar-refractivity contribution in [2.45, 2.75) is 37.9 Å². The second-order valence-corrected chi connectivity index (χ2v) is 4.37. The second-order valence-electron chi connectivity index (χ2n) is 4.37. The van der Waals surface area contributed by atoms with Gasteiger partial charge in [0.1, 0.15) is 0 Å². The van der Waals surface area contributed by atoms with Gasteiger partial charge >= 0.3 is 0 Å². The van der Waals surface area contributed by atoms with Crippen LogP contribution in [0.4, 0.5) is 0 Å². The minimum atomic E-state index is 0.0273. The van der Waals surface area contributed by atoms with Gasteiger partial charge in [-0.05, 0) is 37.3 Å². The Morgan fingerprint density at radius 2 is 2.23 bits per heavy atom. The third kappa shape index (κ3) is 0.969. The first-order valence-corrected chi connectivity index (χ1v) is 5.04. The summed E-state index contributed by atoms with van der Waals surface area (Å²) in [6.07, 6.45) is 4.02. The average molecular weight is 174 g/mol. The van der Waals surface area contributed by atoms with E-state index in [9.17, 15) is 0 Å². The Morgan fingerprint density at radius 3 is 3.15 bits per heavy atom. The molecule has 1 saturated heterocycles. The van der Waals surface area contributed by atoms with Gasteiger partial charge in [-0.1, -0.05) is 24.3 Å². The maximum atomic E-state index is 6.01. The lowest BCUT2D eigenvalue weighted by molar-refractivity contribution is -0.0437. The van der Waals surface area contributed by atoms with Crippen molar-refractivity contribution in [3.8, 4) is 0 Å². The van der Waals surface area contributed by atoms with Crippen LogP contribution in [0, 0.1) is 0 Å². The Bertz CT molecular complexity index is 345. The lowest BCUT2D eigenvalue weighted by atomic mass is 9.89. The molecule has 1 aromatic rings. The summed E-state index contributed by atoms with van der Waals surface area (Å²) in [6, 6.07) is 8.71. The Kier molecular flexibility index (Phi) is 1.37. The van der Waals surface area contributed by atoms with Crippen LogP contribution in [0.25, 0.3) is 0 Å². The highest BCUT2D eigenvalue weighted by molar-refractivity contribution is 5.36. The molecule has 0 radical (unpaired) electrons. The molecule has 2 aliphatic heterocycles. The van der Waals surface area contributed by atoms with Crippen molar-refractivity contribution in [1.29, 1.82) is 0 Å². The molecule has 3 rings (SSSR count). The van der Waals surface area contributed by atoms with E-state index in [1.807, 2.05) is 0 Å². The third-order valence-electron chi connectivity index (χ3n) is 3.40. The van der Waals surface area contributed by atoms with Gasteiger partial charge in [-0.2, -0.15) is 0 Å². The van der Waals surface area contributed by atoms with Crippen LogP contribution in [0.1, 0.15) is 30.9 Å². The Morgan fingerprint density at radius 1 is 1.38 bits per heavy atom. The van der Waals surface area contributed by atoms with E-state index in [1.165, 1.54) is 24.0 Å². The zero-order valence-corrected chi connectivity index (χ0v) is 7.92. The van der Waals surface area contributed by atoms with Crippen LogP contribution in [-0.4, -0.2) is 6.10 Å². The summed E-state index contributed by atoms with van der Waals surface area (Å²) in [5.74, 6) is 0. The molecule has 0 spiro atoms. The molecule has 0 saturated carbocycles. The van der Waals surface area contributed by atoms with Crippen LogP contribution < -0.4 is 0 Å². The van der Waals surface area contributed by atoms with Crippen molar-refractivity contribution >= 4 is 0 Å². The van der Waals surface area contributed by atoms with E-state index in [1.54, 1.807) is 0 Å². The third-order valence-corrected chi connectivity index (χ3v) is 3.40. The SMILES string of the molecule is C[C@@]12CC[C@@H](Cc3ccccc31)O2. The highest BCUT2D eigenvalue weighted by atomic mass is 16.5. The fourth-order valence-corrected chi connectivity index (χ4v) is 2.72. The highest BCUT2D eigenvalue weighted by Gasteiger charge is 2.42. The van der Waals surface area contributed by atoms with Crippen LogP contribution >= 0.6 is 0 Å². The Labute approximate surface area is 78.7 Å². The summed E-state index contributed by atoms with van der Waals surface area (Å²) in [5.41, 5.74) is 2.95. The average Bonchev–Trinajstić information content (AvgIpc) is 2.44. The fraction of sp³-hybridized carbons (Fsp3) is 0.500. The Hall–Kier alpha value is -0.820. The monoisotopic (exact) mass is 174 g/mol. The number of ether oxygens (including phenoxy) is 1. The fourth-order valence-electron chi connectivity index (χ4n) is 2.72. The first-order valence-electron chi connectivity index (χ1n) is 5.04. The van der Waals surface area contributed by atoms with Crippen LogP contribution in [0.5, 0.6) is 0 Å². The minimum Gasteiger partial charge on any atom is -0.367 e. The molecule has 1 nitrogen and oxygen atoms in total. The van der Waals surface area contributed by atoms with Gasteiger partial charge in [0.25, 0.3) is 0 Å². The predicted molar refractivity (Wildman–Crippen MR) is 51.6 cm³/mol. The van der Waals surface area contributed by atoms with Crippen molar-refractivity contribution in [3.63, 3.8) is 0 Å². The molecular formula is C12H14O. The van der Waals surface area contributed by atoms with Gasteiger partial charge in [0.05, 0.1) is 11.7 Å². The molecule has 0 aliphatic carbocycles. The smallest absolute Gasteiger partial charge is 0.0910 e. The largest absolute Gasteiger partial charge is 0.367 e. The molecule has 1 heteroatoms. The van der Waals surface area contributed by atoms with Crippen molar-refractivity contribution in [1.82, 2.24) is 0 Å². The number of fused-ring (bicyclic) bond motifs is 4. The molecule has 1 fully saturated rings. The topological polar surface area (TPSA) is 9.23 Å². The number of hydrogen-bond acceptors (Lipinski definition) is 1. The van der Waals surface area contributed by atoms with Crippen LogP contribution in [0.15, 0.2) is 24.3 Å². The summed E-state index contributed by atoms with van der Waals surface area (Å²) in [7, 11) is 0. The second kappa shape index (κ2) is 2.36. The van der Waals surface area contributed by atoms with E-state index in [4.69, 9.17) is 4.74 Å². The summed E-state index contributed by atoms with van der Waals surface area (Å²) in [6.45, 7) is 2.23. The maximum Gasteiger partial charge on any atom is 0.0910 e. The van der Waals surface area contributed by atoms with E-state index in [2.05, 4.69) is 31.2 Å². The number of rotatable bonds is 0. The first kappa shape index (κ1) is 7.57. The molecule has 1 aromatic carbocycles. The summed E-state index contributed by atoms with van der Waals surface area (Å²) in [4.78, 5) is 0. The summed E-state index contributed by atoms with van der Waals surface area (Å²) >= 11 is 0. The molecule has 2 heterocycles. The van der Waals surface area contributed by atoms with Crippen LogP contribution in [-0.2, 0) is 16.8 Å². The van der Waals surface area contributed by atoms with E-state index in [0.29, 0.717) is 6.10 Å². The lowest BCUT2D eigenvalue weighted by Crippen LogP contribution is -2.29. The molecule has 2 atom stereocenters. The molecule has 13 heavy (non-hydrogen) atoms. The molecule has 0 aromatic heterocycles. The van der Waals surface area contributed by atoms with Gasteiger partial charge in [-0.15, -0.1) is 0 Å². The van der Waals surface area contributed by atoms with E-state index in [-0.39, 0.29) is 5.60 Å². The van der Waals surface area contributed by atoms with Gasteiger partial charge in [0.2, 0.25) is 0 Å². The zero-order chi connectivity index (χ0) is 8.89. The van der Waals surface area contributed by atoms with Crippen LogP contribution in [0.2, 0.25) is 0 Å². The van der Waals surface area contributed by atoms with Gasteiger partial charge in [-0.25, -0.2) is 0 Å². The van der Waals surface area contributed by atoms with Crippen molar-refractivity contribution in [2.24, 2.45) is 0 Å². The summed E-state index contributed by atoms with van der Waals surface area (Å²) in [5, 5.41) is 0. The Balaban J connectivity index is 2.19. The summed E-state index contributed by atoms with van der Waals surface area (Å²) < 4.78 is 6.01. The molecular weight excluding hydrogens is 160 g/mol. The van der Waals surface area contributed by atoms with Crippen molar-refractivity contribution in [2.75, 3.05) is 0 Å². The van der Waals surface area contributed by atoms with E-state index in [0.717, 1.165) is 6.42 Å². The van der Waals surface area contributed by atoms with Gasteiger partial charge < -0.3 is 4.74 Å². The van der Waals surface area contributed by atoms with Gasteiger partial charge in [-0.3, -0.25) is 0 Å². The molecule has 2 bridgehead atoms. The maximum absolute atomic E-state index is 6.01. The van der Waals surface area contributed by atoms with Crippen molar-refractivity contribution in [3.05, 3.63) is 35.4 Å². The first-order chi connectivity index (χ1) is 6.28. The molecule has 68 valence electrons. The molecule has 0 N–H and O–H groups in total. The standard InChI is InChI=1S/C12H14O/c1-12-7-6-10(13-12)8-9-4-2-3-5-11(9)12/h2-5,10H,6-8H2,1H3/t10-,12+/m0/s1. The predicted octanol–water partition coefficient (Wildman–Crippen LogP) is 2.64. The quantitative estimate of drug-likeness (QED) is 0.587. The van der Waals surface area contributed by atoms with Crippen molar-refractivity contribution < 1.29 is 4.74 Å². The molecule has 0 amide bonds. The molecule has 0 unspecified atom stereocenters. The number of benzene rings is 1. The minimum absolute atomic E-state index is 0.0273. The van der Waals surface area contributed by atoms with E-state index >= 15 is 0 Å².